The quantitative estimate of drug-likeness (QED) is 0.707. The third-order valence-corrected chi connectivity index (χ3v) is 3.01. The summed E-state index contributed by atoms with van der Waals surface area (Å²) >= 11 is 0. The summed E-state index contributed by atoms with van der Waals surface area (Å²) in [6.45, 7) is 0. The lowest BCUT2D eigenvalue weighted by Gasteiger charge is -2.02. The summed E-state index contributed by atoms with van der Waals surface area (Å²) < 4.78 is 7.27. The van der Waals surface area contributed by atoms with Gasteiger partial charge in [0.05, 0.1) is 14.2 Å². The monoisotopic (exact) mass is 310 g/mol. The molecule has 1 aromatic carbocycles. The maximum Gasteiger partial charge on any atom is 0.253 e. The molecule has 0 amide bonds. The van der Waals surface area contributed by atoms with E-state index in [1.165, 1.54) is 11.4 Å². The summed E-state index contributed by atoms with van der Waals surface area (Å²) in [5.74, 6) is 2.20. The normalized spacial score (nSPS) is 9.89. The smallest absolute Gasteiger partial charge is 0.253 e. The fourth-order valence-corrected chi connectivity index (χ4v) is 1.94. The van der Waals surface area contributed by atoms with E-state index in [1.54, 1.807) is 7.11 Å². The zero-order valence-corrected chi connectivity index (χ0v) is 12.4. The number of nitrogens with one attached hydrogen (secondary N) is 1. The van der Waals surface area contributed by atoms with E-state index in [4.69, 9.17) is 4.74 Å². The average molecular weight is 311 g/mol. The molecule has 0 bridgehead atoms. The molecule has 0 radical (unpaired) electrons. The molecule has 2 aromatic rings. The van der Waals surface area contributed by atoms with Crippen molar-refractivity contribution in [2.24, 2.45) is 7.05 Å². The van der Waals surface area contributed by atoms with Crippen molar-refractivity contribution in [1.82, 2.24) is 4.98 Å². The lowest BCUT2D eigenvalue weighted by Crippen LogP contribution is -3.00. The van der Waals surface area contributed by atoms with Crippen molar-refractivity contribution >= 4 is 0 Å². The van der Waals surface area contributed by atoms with Crippen molar-refractivity contribution in [3.8, 4) is 5.75 Å². The van der Waals surface area contributed by atoms with Crippen molar-refractivity contribution in [1.29, 1.82) is 0 Å². The van der Waals surface area contributed by atoms with E-state index in [1.807, 2.05) is 24.5 Å². The second-order valence-electron chi connectivity index (χ2n) is 4.22. The van der Waals surface area contributed by atoms with Crippen LogP contribution in [-0.2, 0) is 19.9 Å². The molecule has 2 rings (SSSR count). The molecule has 0 aliphatic carbocycles. The van der Waals surface area contributed by atoms with Gasteiger partial charge >= 0.3 is 0 Å². The summed E-state index contributed by atoms with van der Waals surface area (Å²) in [6, 6.07) is 8.30. The molecule has 0 saturated carbocycles. The maximum atomic E-state index is 5.14. The molecule has 0 saturated heterocycles. The summed E-state index contributed by atoms with van der Waals surface area (Å²) in [7, 11) is 3.76. The fourth-order valence-electron chi connectivity index (χ4n) is 1.94. The van der Waals surface area contributed by atoms with E-state index in [2.05, 4.69) is 28.7 Å². The maximum absolute atomic E-state index is 5.14. The number of hydrogen-bond acceptors (Lipinski definition) is 1. The first-order valence-corrected chi connectivity index (χ1v) is 5.94. The molecule has 1 aromatic heterocycles. The molecule has 0 unspecified atom stereocenters. The van der Waals surface area contributed by atoms with Crippen LogP contribution >= 0.6 is 0 Å². The molecule has 4 heteroatoms. The highest BCUT2D eigenvalue weighted by Gasteiger charge is 2.05. The van der Waals surface area contributed by atoms with Crippen LogP contribution in [0.25, 0.3) is 0 Å². The minimum atomic E-state index is 0. The molecule has 3 nitrogen and oxygen atoms in total. The molecule has 0 aliphatic heterocycles. The number of H-pyrrole nitrogens is 1. The highest BCUT2D eigenvalue weighted by molar-refractivity contribution is 5.27. The average Bonchev–Trinajstić information content (AvgIpc) is 2.76. The predicted octanol–water partition coefficient (Wildman–Crippen LogP) is -0.973. The topological polar surface area (TPSA) is 28.9 Å². The summed E-state index contributed by atoms with van der Waals surface area (Å²) in [5.41, 5.74) is 1.36. The van der Waals surface area contributed by atoms with Crippen molar-refractivity contribution in [3.63, 3.8) is 0 Å². The number of nitrogens with zero attached hydrogens (tertiary/aromatic N) is 1. The lowest BCUT2D eigenvalue weighted by molar-refractivity contribution is -0.677. The molecule has 1 heterocycles. The molecule has 1 N–H and O–H groups in total. The number of rotatable bonds is 5. The molecule has 0 atom stereocenters. The Morgan fingerprint density at radius 1 is 1.17 bits per heavy atom. The van der Waals surface area contributed by atoms with E-state index >= 15 is 0 Å². The number of halogens is 1. The number of aryl methyl sites for hydroxylation is 3. The van der Waals surface area contributed by atoms with Crippen LogP contribution in [0.2, 0.25) is 0 Å². The largest absolute Gasteiger partial charge is 1.00 e. The van der Waals surface area contributed by atoms with Crippen LogP contribution in [0.1, 0.15) is 17.8 Å². The number of ether oxygens (including phenoxy) is 1. The fraction of sp³-hybridized carbons (Fsp3) is 0.357. The van der Waals surface area contributed by atoms with Crippen molar-refractivity contribution in [3.05, 3.63) is 48.0 Å². The van der Waals surface area contributed by atoms with Gasteiger partial charge in [-0.15, -0.1) is 0 Å². The van der Waals surface area contributed by atoms with E-state index in [9.17, 15) is 0 Å². The Morgan fingerprint density at radius 2 is 1.89 bits per heavy atom. The van der Waals surface area contributed by atoms with Gasteiger partial charge in [0.1, 0.15) is 18.1 Å². The highest BCUT2D eigenvalue weighted by Crippen LogP contribution is 2.13. The van der Waals surface area contributed by atoms with Crippen LogP contribution in [0.4, 0.5) is 0 Å². The SMILES string of the molecule is COc1ccc(CCCc2[nH]cc[n+]2C)cc1.[Br-]. The van der Waals surface area contributed by atoms with Crippen LogP contribution in [0.15, 0.2) is 36.7 Å². The molecular formula is C14H19BrN2O. The summed E-state index contributed by atoms with van der Waals surface area (Å²) in [4.78, 5) is 3.25. The number of imidazole rings is 1. The molecule has 0 spiro atoms. The Balaban J connectivity index is 0.00000162. The van der Waals surface area contributed by atoms with Gasteiger partial charge in [0.2, 0.25) is 0 Å². The third-order valence-electron chi connectivity index (χ3n) is 3.01. The lowest BCUT2D eigenvalue weighted by atomic mass is 10.1. The van der Waals surface area contributed by atoms with Gasteiger partial charge in [0.15, 0.2) is 0 Å². The molecule has 98 valence electrons. The van der Waals surface area contributed by atoms with Crippen LogP contribution in [0, 0.1) is 0 Å². The van der Waals surface area contributed by atoms with E-state index < -0.39 is 0 Å². The minimum absolute atomic E-state index is 0. The summed E-state index contributed by atoms with van der Waals surface area (Å²) in [6.07, 6.45) is 7.35. The predicted molar refractivity (Wildman–Crippen MR) is 67.0 cm³/mol. The minimum Gasteiger partial charge on any atom is -1.00 e. The molecule has 0 aliphatic rings. The Morgan fingerprint density at radius 3 is 2.44 bits per heavy atom. The number of hydrogen-bond donors (Lipinski definition) is 1. The molecular weight excluding hydrogens is 292 g/mol. The van der Waals surface area contributed by atoms with E-state index in [0.717, 1.165) is 25.0 Å². The zero-order valence-electron chi connectivity index (χ0n) is 10.8. The third kappa shape index (κ3) is 3.88. The van der Waals surface area contributed by atoms with Gasteiger partial charge in [0.25, 0.3) is 5.82 Å². The van der Waals surface area contributed by atoms with Gasteiger partial charge in [0, 0.05) is 6.42 Å². The first kappa shape index (κ1) is 14.8. The second-order valence-corrected chi connectivity index (χ2v) is 4.22. The van der Waals surface area contributed by atoms with E-state index in [-0.39, 0.29) is 17.0 Å². The molecule has 0 fully saturated rings. The van der Waals surface area contributed by atoms with Crippen LogP contribution < -0.4 is 26.3 Å². The van der Waals surface area contributed by atoms with Gasteiger partial charge in [-0.05, 0) is 30.5 Å². The van der Waals surface area contributed by atoms with Gasteiger partial charge in [-0.3, -0.25) is 0 Å². The van der Waals surface area contributed by atoms with Gasteiger partial charge in [-0.1, -0.05) is 12.1 Å². The zero-order chi connectivity index (χ0) is 12.1. The Hall–Kier alpha value is -1.29. The summed E-state index contributed by atoms with van der Waals surface area (Å²) in [5, 5.41) is 0. The molecule has 18 heavy (non-hydrogen) atoms. The highest BCUT2D eigenvalue weighted by atomic mass is 79.9. The first-order valence-electron chi connectivity index (χ1n) is 5.94. The number of aromatic nitrogens is 2. The van der Waals surface area contributed by atoms with Crippen LogP contribution in [0.3, 0.4) is 0 Å². The van der Waals surface area contributed by atoms with E-state index in [0.29, 0.717) is 0 Å². The van der Waals surface area contributed by atoms with Crippen molar-refractivity contribution in [2.45, 2.75) is 19.3 Å². The van der Waals surface area contributed by atoms with Crippen LogP contribution in [-0.4, -0.2) is 12.1 Å². The Bertz CT molecular complexity index is 465. The van der Waals surface area contributed by atoms with Gasteiger partial charge < -0.3 is 21.7 Å². The number of methoxy groups -OCH3 is 1. The van der Waals surface area contributed by atoms with Gasteiger partial charge in [-0.2, -0.15) is 0 Å². The number of aromatic amines is 1. The Kier molecular flexibility index (Phi) is 5.92. The van der Waals surface area contributed by atoms with Crippen molar-refractivity contribution in [2.75, 3.05) is 7.11 Å². The first-order chi connectivity index (χ1) is 8.29. The van der Waals surface area contributed by atoms with Crippen molar-refractivity contribution < 1.29 is 26.3 Å². The standard InChI is InChI=1S/C14H18N2O.BrH/c1-16-11-10-15-14(16)5-3-4-12-6-8-13(17-2)9-7-12;/h6-11H,3-5H2,1-2H3;1H. The van der Waals surface area contributed by atoms with Gasteiger partial charge in [-0.25, -0.2) is 9.55 Å². The second kappa shape index (κ2) is 7.21. The van der Waals surface area contributed by atoms with Crippen LogP contribution in [0.5, 0.6) is 5.75 Å². The Labute approximate surface area is 119 Å². The number of benzene rings is 1.